The third kappa shape index (κ3) is 8.92. The number of rotatable bonds is 8. The van der Waals surface area contributed by atoms with Gasteiger partial charge in [-0.2, -0.15) is 22.0 Å². The SMILES string of the molecule is O=C(CCCC(=O)OCC(F)(F)C(F)(F)F)OCC(Cl)Cl. The van der Waals surface area contributed by atoms with Crippen molar-refractivity contribution in [2.75, 3.05) is 13.2 Å². The van der Waals surface area contributed by atoms with Gasteiger partial charge in [0.1, 0.15) is 11.4 Å². The molecule has 124 valence electrons. The zero-order chi connectivity index (χ0) is 16.7. The Hall–Kier alpha value is -0.830. The van der Waals surface area contributed by atoms with Crippen LogP contribution in [0.1, 0.15) is 19.3 Å². The third-order valence-corrected chi connectivity index (χ3v) is 2.21. The predicted molar refractivity (Wildman–Crippen MR) is 62.3 cm³/mol. The standard InChI is InChI=1S/C10H11Cl2F5O4/c11-6(12)4-20-7(18)2-1-3-8(19)21-5-9(13,14)10(15,16)17/h6H,1-5H2. The van der Waals surface area contributed by atoms with E-state index in [0.717, 1.165) is 0 Å². The number of hydrogen-bond acceptors (Lipinski definition) is 4. The molecule has 0 N–H and O–H groups in total. The van der Waals surface area contributed by atoms with E-state index in [9.17, 15) is 31.5 Å². The molecule has 0 aliphatic heterocycles. The van der Waals surface area contributed by atoms with E-state index < -0.39 is 41.9 Å². The van der Waals surface area contributed by atoms with E-state index in [4.69, 9.17) is 23.2 Å². The molecule has 0 aromatic carbocycles. The first-order valence-electron chi connectivity index (χ1n) is 5.49. The molecule has 0 saturated heterocycles. The number of alkyl halides is 7. The van der Waals surface area contributed by atoms with E-state index in [1.165, 1.54) is 0 Å². The van der Waals surface area contributed by atoms with Gasteiger partial charge in [-0.15, -0.1) is 23.2 Å². The van der Waals surface area contributed by atoms with Crippen LogP contribution >= 0.6 is 23.2 Å². The number of ether oxygens (including phenoxy) is 2. The second-order valence-corrected chi connectivity index (χ2v) is 5.07. The summed E-state index contributed by atoms with van der Waals surface area (Å²) < 4.78 is 68.5. The second kappa shape index (κ2) is 8.57. The number of esters is 2. The Morgan fingerprint density at radius 3 is 1.86 bits per heavy atom. The lowest BCUT2D eigenvalue weighted by Gasteiger charge is -2.18. The number of hydrogen-bond donors (Lipinski definition) is 0. The predicted octanol–water partition coefficient (Wildman–Crippen LogP) is 3.24. The van der Waals surface area contributed by atoms with Crippen molar-refractivity contribution in [3.8, 4) is 0 Å². The molecule has 21 heavy (non-hydrogen) atoms. The zero-order valence-electron chi connectivity index (χ0n) is 10.4. The molecule has 0 fully saturated rings. The Bertz CT molecular complexity index is 360. The molecule has 0 aromatic rings. The van der Waals surface area contributed by atoms with Crippen molar-refractivity contribution in [3.05, 3.63) is 0 Å². The Balaban J connectivity index is 3.89. The van der Waals surface area contributed by atoms with E-state index in [1.54, 1.807) is 0 Å². The molecule has 0 aliphatic rings. The van der Waals surface area contributed by atoms with Crippen LogP contribution in [0, 0.1) is 0 Å². The maximum Gasteiger partial charge on any atom is 0.456 e. The van der Waals surface area contributed by atoms with Gasteiger partial charge in [-0.3, -0.25) is 9.59 Å². The summed E-state index contributed by atoms with van der Waals surface area (Å²) in [6, 6.07) is 0. The van der Waals surface area contributed by atoms with Gasteiger partial charge in [0.05, 0.1) is 0 Å². The Morgan fingerprint density at radius 1 is 0.952 bits per heavy atom. The molecule has 4 nitrogen and oxygen atoms in total. The molecular formula is C10H11Cl2F5O4. The van der Waals surface area contributed by atoms with E-state index in [0.29, 0.717) is 0 Å². The molecule has 0 rings (SSSR count). The Kier molecular flexibility index (Phi) is 8.23. The fourth-order valence-electron chi connectivity index (χ4n) is 0.930. The van der Waals surface area contributed by atoms with E-state index >= 15 is 0 Å². The molecule has 0 unspecified atom stereocenters. The van der Waals surface area contributed by atoms with Gasteiger partial charge in [0.15, 0.2) is 6.61 Å². The fourth-order valence-corrected chi connectivity index (χ4v) is 1.06. The highest BCUT2D eigenvalue weighted by molar-refractivity contribution is 6.44. The summed E-state index contributed by atoms with van der Waals surface area (Å²) in [6.07, 6.45) is -6.69. The van der Waals surface area contributed by atoms with Gasteiger partial charge in [0.2, 0.25) is 0 Å². The van der Waals surface area contributed by atoms with E-state index in [1.807, 2.05) is 0 Å². The van der Waals surface area contributed by atoms with Crippen molar-refractivity contribution in [1.29, 1.82) is 0 Å². The highest BCUT2D eigenvalue weighted by atomic mass is 35.5. The Morgan fingerprint density at radius 2 is 1.43 bits per heavy atom. The van der Waals surface area contributed by atoms with Crippen molar-refractivity contribution < 1.29 is 41.0 Å². The average molecular weight is 361 g/mol. The van der Waals surface area contributed by atoms with Gasteiger partial charge in [0.25, 0.3) is 0 Å². The third-order valence-electron chi connectivity index (χ3n) is 1.96. The van der Waals surface area contributed by atoms with Crippen LogP contribution in [0.2, 0.25) is 0 Å². The molecule has 0 amide bonds. The first kappa shape index (κ1) is 20.2. The normalized spacial score (nSPS) is 12.4. The van der Waals surface area contributed by atoms with Gasteiger partial charge < -0.3 is 9.47 Å². The summed E-state index contributed by atoms with van der Waals surface area (Å²) in [7, 11) is 0. The molecule has 0 spiro atoms. The van der Waals surface area contributed by atoms with Crippen molar-refractivity contribution in [1.82, 2.24) is 0 Å². The minimum absolute atomic E-state index is 0.134. The highest BCUT2D eigenvalue weighted by Crippen LogP contribution is 2.35. The molecule has 0 saturated carbocycles. The smallest absolute Gasteiger partial charge is 0.456 e. The van der Waals surface area contributed by atoms with Crippen LogP contribution in [-0.2, 0) is 19.1 Å². The first-order chi connectivity index (χ1) is 9.45. The van der Waals surface area contributed by atoms with Gasteiger partial charge in [0, 0.05) is 12.8 Å². The summed E-state index contributed by atoms with van der Waals surface area (Å²) in [5.41, 5.74) is 0. The van der Waals surface area contributed by atoms with Crippen LogP contribution in [0.15, 0.2) is 0 Å². The van der Waals surface area contributed by atoms with Gasteiger partial charge in [-0.05, 0) is 6.42 Å². The molecular weight excluding hydrogens is 350 g/mol. The summed E-state index contributed by atoms with van der Waals surface area (Å²) in [5, 5.41) is 0. The summed E-state index contributed by atoms with van der Waals surface area (Å²) in [5.74, 6) is -7.13. The van der Waals surface area contributed by atoms with Crippen LogP contribution in [-0.4, -0.2) is 42.1 Å². The molecule has 0 atom stereocenters. The maximum atomic E-state index is 12.4. The first-order valence-corrected chi connectivity index (χ1v) is 6.37. The summed E-state index contributed by atoms with van der Waals surface area (Å²) in [4.78, 5) is 21.1. The van der Waals surface area contributed by atoms with E-state index in [-0.39, 0.29) is 19.4 Å². The monoisotopic (exact) mass is 360 g/mol. The quantitative estimate of drug-likeness (QED) is 0.378. The van der Waals surface area contributed by atoms with Crippen LogP contribution in [0.4, 0.5) is 22.0 Å². The van der Waals surface area contributed by atoms with Crippen molar-refractivity contribution in [2.45, 2.75) is 36.2 Å². The largest absolute Gasteiger partial charge is 0.463 e. The minimum atomic E-state index is -5.79. The van der Waals surface area contributed by atoms with Crippen LogP contribution in [0.5, 0.6) is 0 Å². The number of carbonyl (C=O) groups excluding carboxylic acids is 2. The lowest BCUT2D eigenvalue weighted by molar-refractivity contribution is -0.294. The average Bonchev–Trinajstić information content (AvgIpc) is 2.32. The fraction of sp³-hybridized carbons (Fsp3) is 0.800. The molecule has 11 heteroatoms. The Labute approximate surface area is 126 Å². The summed E-state index contributed by atoms with van der Waals surface area (Å²) >= 11 is 10.6. The molecule has 0 radical (unpaired) electrons. The molecule has 0 bridgehead atoms. The second-order valence-electron chi connectivity index (χ2n) is 3.79. The van der Waals surface area contributed by atoms with Crippen molar-refractivity contribution in [3.63, 3.8) is 0 Å². The number of halogens is 7. The molecule has 0 aliphatic carbocycles. The minimum Gasteiger partial charge on any atom is -0.463 e. The van der Waals surface area contributed by atoms with Crippen molar-refractivity contribution >= 4 is 35.1 Å². The lowest BCUT2D eigenvalue weighted by atomic mass is 10.2. The highest BCUT2D eigenvalue weighted by Gasteiger charge is 2.58. The molecule has 0 aromatic heterocycles. The zero-order valence-corrected chi connectivity index (χ0v) is 11.9. The van der Waals surface area contributed by atoms with Gasteiger partial charge in [-0.25, -0.2) is 0 Å². The summed E-state index contributed by atoms with van der Waals surface area (Å²) in [6.45, 7) is -2.36. The molecule has 0 heterocycles. The van der Waals surface area contributed by atoms with E-state index in [2.05, 4.69) is 9.47 Å². The van der Waals surface area contributed by atoms with Crippen LogP contribution in [0.25, 0.3) is 0 Å². The van der Waals surface area contributed by atoms with Gasteiger partial charge >= 0.3 is 24.0 Å². The van der Waals surface area contributed by atoms with Crippen LogP contribution < -0.4 is 0 Å². The topological polar surface area (TPSA) is 52.6 Å². The lowest BCUT2D eigenvalue weighted by Crippen LogP contribution is -2.41. The van der Waals surface area contributed by atoms with Crippen molar-refractivity contribution in [2.24, 2.45) is 0 Å². The number of carbonyl (C=O) groups is 2. The maximum absolute atomic E-state index is 12.4. The van der Waals surface area contributed by atoms with Crippen LogP contribution in [0.3, 0.4) is 0 Å². The van der Waals surface area contributed by atoms with Gasteiger partial charge in [-0.1, -0.05) is 0 Å².